The van der Waals surface area contributed by atoms with Gasteiger partial charge >= 0.3 is 0 Å². The highest BCUT2D eigenvalue weighted by Crippen LogP contribution is 2.18. The molecule has 0 bridgehead atoms. The molecule has 2 aromatic rings. The number of hydrogen-bond acceptors (Lipinski definition) is 4. The molecule has 0 unspecified atom stereocenters. The molecule has 0 aliphatic carbocycles. The first-order chi connectivity index (χ1) is 12.4. The Morgan fingerprint density at radius 3 is 2.62 bits per heavy atom. The van der Waals surface area contributed by atoms with Gasteiger partial charge in [0.2, 0.25) is 10.0 Å². The lowest BCUT2D eigenvalue weighted by Gasteiger charge is -2.12. The second kappa shape index (κ2) is 8.30. The summed E-state index contributed by atoms with van der Waals surface area (Å²) in [5, 5.41) is 2.77. The maximum Gasteiger partial charge on any atom is 0.255 e. The number of hydrogen-bond donors (Lipinski definition) is 2. The number of ether oxygens (including phenoxy) is 1. The molecule has 26 heavy (non-hydrogen) atoms. The standard InChI is InChI=1S/C18H19BrN2O4S/c19-14-3-1-4-15(11-14)21-18(22)13-6-8-17(9-7-13)26(23,24)20-12-16-5-2-10-25-16/h1,3-4,6-9,11,16,20H,2,5,10,12H2,(H,21,22)/t16-/m0/s1. The molecule has 2 aromatic carbocycles. The van der Waals surface area contributed by atoms with Gasteiger partial charge in [0, 0.05) is 28.9 Å². The highest BCUT2D eigenvalue weighted by atomic mass is 79.9. The molecule has 1 aliphatic heterocycles. The minimum atomic E-state index is -3.62. The number of halogens is 1. The zero-order valence-electron chi connectivity index (χ0n) is 13.9. The van der Waals surface area contributed by atoms with E-state index < -0.39 is 10.0 Å². The summed E-state index contributed by atoms with van der Waals surface area (Å²) < 4.78 is 33.5. The van der Waals surface area contributed by atoms with Gasteiger partial charge < -0.3 is 10.1 Å². The predicted molar refractivity (Wildman–Crippen MR) is 103 cm³/mol. The van der Waals surface area contributed by atoms with Crippen LogP contribution in [0.4, 0.5) is 5.69 Å². The smallest absolute Gasteiger partial charge is 0.255 e. The molecule has 1 heterocycles. The Hall–Kier alpha value is -1.74. The van der Waals surface area contributed by atoms with Crippen LogP contribution >= 0.6 is 15.9 Å². The van der Waals surface area contributed by atoms with Crippen molar-refractivity contribution in [1.82, 2.24) is 4.72 Å². The van der Waals surface area contributed by atoms with E-state index in [1.54, 1.807) is 12.1 Å². The zero-order valence-corrected chi connectivity index (χ0v) is 16.3. The summed E-state index contributed by atoms with van der Waals surface area (Å²) in [6, 6.07) is 13.1. The van der Waals surface area contributed by atoms with Crippen molar-refractivity contribution in [2.24, 2.45) is 0 Å². The van der Waals surface area contributed by atoms with Crippen LogP contribution in [0.5, 0.6) is 0 Å². The van der Waals surface area contributed by atoms with Crippen molar-refractivity contribution in [3.8, 4) is 0 Å². The fraction of sp³-hybridized carbons (Fsp3) is 0.278. The van der Waals surface area contributed by atoms with Crippen LogP contribution in [0.1, 0.15) is 23.2 Å². The summed E-state index contributed by atoms with van der Waals surface area (Å²) in [7, 11) is -3.62. The van der Waals surface area contributed by atoms with E-state index in [2.05, 4.69) is 26.0 Å². The molecule has 0 radical (unpaired) electrons. The Balaban J connectivity index is 1.64. The van der Waals surface area contributed by atoms with Crippen molar-refractivity contribution in [1.29, 1.82) is 0 Å². The average molecular weight is 439 g/mol. The third-order valence-electron chi connectivity index (χ3n) is 4.03. The molecule has 0 spiro atoms. The molecule has 6 nitrogen and oxygen atoms in total. The van der Waals surface area contributed by atoms with Gasteiger partial charge in [-0.15, -0.1) is 0 Å². The largest absolute Gasteiger partial charge is 0.377 e. The van der Waals surface area contributed by atoms with E-state index in [-0.39, 0.29) is 23.5 Å². The van der Waals surface area contributed by atoms with E-state index >= 15 is 0 Å². The fourth-order valence-electron chi connectivity index (χ4n) is 2.65. The van der Waals surface area contributed by atoms with Gasteiger partial charge in [-0.2, -0.15) is 0 Å². The minimum absolute atomic E-state index is 0.0694. The van der Waals surface area contributed by atoms with Gasteiger partial charge in [-0.05, 0) is 55.3 Å². The van der Waals surface area contributed by atoms with E-state index in [9.17, 15) is 13.2 Å². The number of sulfonamides is 1. The van der Waals surface area contributed by atoms with Crippen molar-refractivity contribution >= 4 is 37.5 Å². The molecule has 1 saturated heterocycles. The van der Waals surface area contributed by atoms with E-state index in [1.807, 2.05) is 12.1 Å². The van der Waals surface area contributed by atoms with Crippen LogP contribution in [0.2, 0.25) is 0 Å². The van der Waals surface area contributed by atoms with Crippen LogP contribution in [0, 0.1) is 0 Å². The van der Waals surface area contributed by atoms with E-state index in [1.165, 1.54) is 24.3 Å². The van der Waals surface area contributed by atoms with Gasteiger partial charge in [0.1, 0.15) is 0 Å². The summed E-state index contributed by atoms with van der Waals surface area (Å²) in [5.74, 6) is -0.306. The van der Waals surface area contributed by atoms with Crippen LogP contribution < -0.4 is 10.0 Å². The van der Waals surface area contributed by atoms with Crippen LogP contribution in [0.15, 0.2) is 57.9 Å². The molecule has 3 rings (SSSR count). The molecule has 138 valence electrons. The molecule has 0 saturated carbocycles. The van der Waals surface area contributed by atoms with Crippen LogP contribution in [0.25, 0.3) is 0 Å². The molecule has 0 aromatic heterocycles. The second-order valence-corrected chi connectivity index (χ2v) is 8.66. The van der Waals surface area contributed by atoms with Crippen molar-refractivity contribution in [2.75, 3.05) is 18.5 Å². The summed E-state index contributed by atoms with van der Waals surface area (Å²) in [5.41, 5.74) is 1.03. The molecular weight excluding hydrogens is 420 g/mol. The molecular formula is C18H19BrN2O4S. The SMILES string of the molecule is O=C(Nc1cccc(Br)c1)c1ccc(S(=O)(=O)NC[C@@H]2CCCO2)cc1. The quantitative estimate of drug-likeness (QED) is 0.725. The Kier molecular flexibility index (Phi) is 6.08. The number of rotatable bonds is 6. The number of carbonyl (C=O) groups excluding carboxylic acids is 1. The summed E-state index contributed by atoms with van der Waals surface area (Å²) >= 11 is 3.34. The average Bonchev–Trinajstić information content (AvgIpc) is 3.14. The summed E-state index contributed by atoms with van der Waals surface area (Å²) in [6.45, 7) is 0.932. The maximum absolute atomic E-state index is 12.3. The van der Waals surface area contributed by atoms with Gasteiger partial charge in [0.15, 0.2) is 0 Å². The van der Waals surface area contributed by atoms with Gasteiger partial charge in [-0.25, -0.2) is 13.1 Å². The number of amides is 1. The number of nitrogens with one attached hydrogen (secondary N) is 2. The van der Waals surface area contributed by atoms with Crippen LogP contribution in [-0.4, -0.2) is 33.6 Å². The molecule has 2 N–H and O–H groups in total. The topological polar surface area (TPSA) is 84.5 Å². The van der Waals surface area contributed by atoms with Crippen LogP contribution in [0.3, 0.4) is 0 Å². The lowest BCUT2D eigenvalue weighted by atomic mass is 10.2. The normalized spacial score (nSPS) is 17.2. The number of anilines is 1. The van der Waals surface area contributed by atoms with Crippen LogP contribution in [-0.2, 0) is 14.8 Å². The molecule has 1 fully saturated rings. The first kappa shape index (κ1) is 19.0. The van der Waals surface area contributed by atoms with Gasteiger partial charge in [-0.1, -0.05) is 22.0 Å². The van der Waals surface area contributed by atoms with Crippen molar-refractivity contribution in [2.45, 2.75) is 23.8 Å². The number of benzene rings is 2. The lowest BCUT2D eigenvalue weighted by Crippen LogP contribution is -2.31. The Labute approximate surface area is 161 Å². The van der Waals surface area contributed by atoms with Gasteiger partial charge in [0.25, 0.3) is 5.91 Å². The molecule has 1 atom stereocenters. The highest BCUT2D eigenvalue weighted by Gasteiger charge is 2.20. The Bertz CT molecular complexity index is 878. The Morgan fingerprint density at radius 2 is 1.96 bits per heavy atom. The summed E-state index contributed by atoms with van der Waals surface area (Å²) in [4.78, 5) is 12.4. The zero-order chi connectivity index (χ0) is 18.6. The van der Waals surface area contributed by atoms with Gasteiger partial charge in [0.05, 0.1) is 11.0 Å². The second-order valence-electron chi connectivity index (χ2n) is 5.98. The Morgan fingerprint density at radius 1 is 1.19 bits per heavy atom. The number of carbonyl (C=O) groups is 1. The fourth-order valence-corrected chi connectivity index (χ4v) is 4.11. The minimum Gasteiger partial charge on any atom is -0.377 e. The highest BCUT2D eigenvalue weighted by molar-refractivity contribution is 9.10. The first-order valence-corrected chi connectivity index (χ1v) is 10.5. The lowest BCUT2D eigenvalue weighted by molar-refractivity contribution is 0.102. The van der Waals surface area contributed by atoms with Crippen molar-refractivity contribution < 1.29 is 17.9 Å². The third kappa shape index (κ3) is 4.91. The van der Waals surface area contributed by atoms with E-state index in [0.29, 0.717) is 17.9 Å². The summed E-state index contributed by atoms with van der Waals surface area (Å²) in [6.07, 6.45) is 1.74. The van der Waals surface area contributed by atoms with Gasteiger partial charge in [-0.3, -0.25) is 4.79 Å². The predicted octanol–water partition coefficient (Wildman–Crippen LogP) is 3.16. The molecule has 8 heteroatoms. The van der Waals surface area contributed by atoms with Crippen molar-refractivity contribution in [3.05, 3.63) is 58.6 Å². The first-order valence-electron chi connectivity index (χ1n) is 8.22. The van der Waals surface area contributed by atoms with Crippen molar-refractivity contribution in [3.63, 3.8) is 0 Å². The van der Waals surface area contributed by atoms with E-state index in [4.69, 9.17) is 4.74 Å². The molecule has 1 amide bonds. The maximum atomic E-state index is 12.3. The monoisotopic (exact) mass is 438 g/mol. The van der Waals surface area contributed by atoms with E-state index in [0.717, 1.165) is 17.3 Å². The molecule has 1 aliphatic rings. The third-order valence-corrected chi connectivity index (χ3v) is 5.97.